The van der Waals surface area contributed by atoms with Crippen LogP contribution in [0.3, 0.4) is 0 Å². The third-order valence-electron chi connectivity index (χ3n) is 5.10. The van der Waals surface area contributed by atoms with Gasteiger partial charge in [-0.1, -0.05) is 17.7 Å². The van der Waals surface area contributed by atoms with Crippen molar-refractivity contribution >= 4 is 11.6 Å². The van der Waals surface area contributed by atoms with Crippen molar-refractivity contribution in [2.75, 3.05) is 24.5 Å². The van der Waals surface area contributed by atoms with Crippen molar-refractivity contribution < 1.29 is 9.90 Å². The molecule has 2 aliphatic heterocycles. The Kier molecular flexibility index (Phi) is 4.31. The smallest absolute Gasteiger partial charge is 0.241 e. The van der Waals surface area contributed by atoms with Crippen molar-refractivity contribution in [3.8, 4) is 0 Å². The van der Waals surface area contributed by atoms with Gasteiger partial charge in [0.25, 0.3) is 0 Å². The minimum Gasteiger partial charge on any atom is -0.390 e. The molecule has 132 valence electrons. The van der Waals surface area contributed by atoms with Crippen LogP contribution in [0.15, 0.2) is 24.3 Å². The number of amides is 1. The monoisotopic (exact) mass is 340 g/mol. The van der Waals surface area contributed by atoms with Gasteiger partial charge in [-0.25, -0.2) is 0 Å². The van der Waals surface area contributed by atoms with Gasteiger partial charge >= 0.3 is 0 Å². The van der Waals surface area contributed by atoms with Gasteiger partial charge in [-0.15, -0.1) is 0 Å². The molecule has 6 heteroatoms. The largest absolute Gasteiger partial charge is 0.390 e. The Bertz CT molecular complexity index is 799. The van der Waals surface area contributed by atoms with Gasteiger partial charge < -0.3 is 10.0 Å². The first-order valence-corrected chi connectivity index (χ1v) is 8.93. The molecule has 3 heterocycles. The van der Waals surface area contributed by atoms with Gasteiger partial charge in [0.1, 0.15) is 0 Å². The first kappa shape index (κ1) is 16.3. The van der Waals surface area contributed by atoms with Gasteiger partial charge in [0.05, 0.1) is 31.1 Å². The molecule has 6 nitrogen and oxygen atoms in total. The Morgan fingerprint density at radius 1 is 1.24 bits per heavy atom. The zero-order valence-electron chi connectivity index (χ0n) is 14.6. The van der Waals surface area contributed by atoms with Crippen LogP contribution in [0.1, 0.15) is 28.9 Å². The minimum absolute atomic E-state index is 0.0388. The fourth-order valence-corrected chi connectivity index (χ4v) is 3.85. The van der Waals surface area contributed by atoms with Gasteiger partial charge in [0.15, 0.2) is 0 Å². The molecule has 0 saturated carbocycles. The highest BCUT2D eigenvalue weighted by Gasteiger charge is 2.26. The fourth-order valence-electron chi connectivity index (χ4n) is 3.85. The summed E-state index contributed by atoms with van der Waals surface area (Å²) < 4.78 is 1.94. The number of rotatable bonds is 3. The maximum absolute atomic E-state index is 12.9. The van der Waals surface area contributed by atoms with Crippen molar-refractivity contribution in [2.45, 2.75) is 39.5 Å². The normalized spacial score (nSPS) is 17.3. The molecule has 2 aliphatic rings. The van der Waals surface area contributed by atoms with Crippen LogP contribution >= 0.6 is 0 Å². The molecular formula is C19H24N4O2. The van der Waals surface area contributed by atoms with E-state index in [9.17, 15) is 9.90 Å². The first-order valence-electron chi connectivity index (χ1n) is 8.93. The summed E-state index contributed by atoms with van der Waals surface area (Å²) in [5, 5.41) is 13.6. The van der Waals surface area contributed by atoms with E-state index in [1.165, 1.54) is 11.1 Å². The molecule has 2 aromatic rings. The Morgan fingerprint density at radius 3 is 2.96 bits per heavy atom. The summed E-state index contributed by atoms with van der Waals surface area (Å²) in [5.41, 5.74) is 5.37. The van der Waals surface area contributed by atoms with Crippen molar-refractivity contribution in [2.24, 2.45) is 0 Å². The molecule has 0 radical (unpaired) electrons. The number of fused-ring (bicyclic) bond motifs is 2. The Morgan fingerprint density at radius 2 is 2.12 bits per heavy atom. The molecule has 1 aromatic heterocycles. The van der Waals surface area contributed by atoms with Crippen molar-refractivity contribution in [1.82, 2.24) is 14.7 Å². The average Bonchev–Trinajstić information content (AvgIpc) is 3.03. The van der Waals surface area contributed by atoms with Crippen LogP contribution in [-0.4, -0.2) is 45.3 Å². The Labute approximate surface area is 147 Å². The highest BCUT2D eigenvalue weighted by molar-refractivity contribution is 5.96. The topological polar surface area (TPSA) is 61.6 Å². The van der Waals surface area contributed by atoms with E-state index in [2.05, 4.69) is 35.1 Å². The van der Waals surface area contributed by atoms with Gasteiger partial charge in [0, 0.05) is 25.3 Å². The van der Waals surface area contributed by atoms with Gasteiger partial charge in [-0.2, -0.15) is 5.10 Å². The van der Waals surface area contributed by atoms with Crippen molar-refractivity contribution in [1.29, 1.82) is 0 Å². The molecular weight excluding hydrogens is 316 g/mol. The van der Waals surface area contributed by atoms with E-state index in [1.54, 1.807) is 0 Å². The predicted molar refractivity (Wildman–Crippen MR) is 95.3 cm³/mol. The van der Waals surface area contributed by atoms with Crippen molar-refractivity contribution in [3.05, 3.63) is 46.8 Å². The lowest BCUT2D eigenvalue weighted by Crippen LogP contribution is -2.45. The standard InChI is InChI=1S/C19H24N4O2/c1-14-4-5-18-15(9-14)3-2-6-22(18)19(25)12-21-7-8-23-17(11-21)10-16(13-24)20-23/h4-5,9-10,24H,2-3,6-8,11-13H2,1H3. The van der Waals surface area contributed by atoms with Crippen LogP contribution in [0.5, 0.6) is 0 Å². The third-order valence-corrected chi connectivity index (χ3v) is 5.10. The van der Waals surface area contributed by atoms with E-state index in [1.807, 2.05) is 15.6 Å². The molecule has 1 amide bonds. The molecule has 1 aromatic carbocycles. The minimum atomic E-state index is -0.0388. The van der Waals surface area contributed by atoms with Gasteiger partial charge in [0.2, 0.25) is 5.91 Å². The average molecular weight is 340 g/mol. The number of hydrogen-bond acceptors (Lipinski definition) is 4. The van der Waals surface area contributed by atoms with E-state index < -0.39 is 0 Å². The van der Waals surface area contributed by atoms with E-state index >= 15 is 0 Å². The lowest BCUT2D eigenvalue weighted by atomic mass is 9.99. The van der Waals surface area contributed by atoms with Gasteiger partial charge in [-0.05, 0) is 37.5 Å². The SMILES string of the molecule is Cc1ccc2c(c1)CCCN2C(=O)CN1CCn2nc(CO)cc2C1. The zero-order chi connectivity index (χ0) is 17.4. The summed E-state index contributed by atoms with van der Waals surface area (Å²) >= 11 is 0. The first-order chi connectivity index (χ1) is 12.1. The number of aromatic nitrogens is 2. The zero-order valence-corrected chi connectivity index (χ0v) is 14.6. The summed E-state index contributed by atoms with van der Waals surface area (Å²) in [4.78, 5) is 17.0. The highest BCUT2D eigenvalue weighted by Crippen LogP contribution is 2.28. The second-order valence-electron chi connectivity index (χ2n) is 7.00. The summed E-state index contributed by atoms with van der Waals surface area (Å²) in [5.74, 6) is 0.167. The summed E-state index contributed by atoms with van der Waals surface area (Å²) in [6, 6.07) is 8.29. The molecule has 0 spiro atoms. The Balaban J connectivity index is 1.46. The quantitative estimate of drug-likeness (QED) is 0.919. The Hall–Kier alpha value is -2.18. The molecule has 4 rings (SSSR count). The van der Waals surface area contributed by atoms with Crippen LogP contribution in [0.2, 0.25) is 0 Å². The second kappa shape index (κ2) is 6.61. The van der Waals surface area contributed by atoms with Crippen LogP contribution in [-0.2, 0) is 30.9 Å². The maximum Gasteiger partial charge on any atom is 0.241 e. The number of benzene rings is 1. The number of aliphatic hydroxyl groups is 1. The third kappa shape index (κ3) is 3.19. The number of carbonyl (C=O) groups excluding carboxylic acids is 1. The lowest BCUT2D eigenvalue weighted by Gasteiger charge is -2.33. The van der Waals surface area contributed by atoms with E-state index in [-0.39, 0.29) is 12.5 Å². The summed E-state index contributed by atoms with van der Waals surface area (Å²) in [7, 11) is 0. The summed E-state index contributed by atoms with van der Waals surface area (Å²) in [6.07, 6.45) is 2.07. The van der Waals surface area contributed by atoms with E-state index in [0.29, 0.717) is 18.8 Å². The van der Waals surface area contributed by atoms with Crippen LogP contribution < -0.4 is 4.90 Å². The second-order valence-corrected chi connectivity index (χ2v) is 7.00. The maximum atomic E-state index is 12.9. The van der Waals surface area contributed by atoms with E-state index in [4.69, 9.17) is 0 Å². The molecule has 0 unspecified atom stereocenters. The molecule has 25 heavy (non-hydrogen) atoms. The molecule has 1 N–H and O–H groups in total. The molecule has 0 atom stereocenters. The number of nitrogens with zero attached hydrogens (tertiary/aromatic N) is 4. The molecule has 0 fully saturated rings. The summed E-state index contributed by atoms with van der Waals surface area (Å²) in [6.45, 7) is 5.55. The number of hydrogen-bond donors (Lipinski definition) is 1. The molecule has 0 aliphatic carbocycles. The predicted octanol–water partition coefficient (Wildman–Crippen LogP) is 1.48. The van der Waals surface area contributed by atoms with Crippen LogP contribution in [0.4, 0.5) is 5.69 Å². The number of aliphatic hydroxyl groups excluding tert-OH is 1. The number of anilines is 1. The molecule has 0 bridgehead atoms. The molecule has 0 saturated heterocycles. The van der Waals surface area contributed by atoms with Crippen LogP contribution in [0, 0.1) is 6.92 Å². The van der Waals surface area contributed by atoms with Gasteiger partial charge in [-0.3, -0.25) is 14.4 Å². The fraction of sp³-hybridized carbons (Fsp3) is 0.474. The highest BCUT2D eigenvalue weighted by atomic mass is 16.3. The number of carbonyl (C=O) groups is 1. The lowest BCUT2D eigenvalue weighted by molar-refractivity contribution is -0.120. The van der Waals surface area contributed by atoms with Crippen molar-refractivity contribution in [3.63, 3.8) is 0 Å². The number of aryl methyl sites for hydroxylation is 2. The van der Waals surface area contributed by atoms with Crippen LogP contribution in [0.25, 0.3) is 0 Å². The van der Waals surface area contributed by atoms with E-state index in [0.717, 1.165) is 43.9 Å².